The fourth-order valence-electron chi connectivity index (χ4n) is 2.35. The number of nitrogens with zero attached hydrogens (tertiary/aromatic N) is 2. The van der Waals surface area contributed by atoms with Gasteiger partial charge in [-0.1, -0.05) is 6.07 Å². The Balaban J connectivity index is 1.83. The normalized spacial score (nSPS) is 18.9. The van der Waals surface area contributed by atoms with Crippen LogP contribution in [0.25, 0.3) is 0 Å². The van der Waals surface area contributed by atoms with Crippen molar-refractivity contribution in [1.82, 2.24) is 9.88 Å². The molecule has 0 radical (unpaired) electrons. The van der Waals surface area contributed by atoms with E-state index in [0.717, 1.165) is 18.7 Å². The van der Waals surface area contributed by atoms with E-state index in [2.05, 4.69) is 9.88 Å². The molecule has 18 heavy (non-hydrogen) atoms. The van der Waals surface area contributed by atoms with Gasteiger partial charge in [-0.25, -0.2) is 0 Å². The van der Waals surface area contributed by atoms with Crippen molar-refractivity contribution in [2.75, 3.05) is 20.2 Å². The van der Waals surface area contributed by atoms with Crippen molar-refractivity contribution < 1.29 is 5.11 Å². The molecule has 2 atom stereocenters. The average molecular weight is 249 g/mol. The molecule has 0 aliphatic heterocycles. The number of hydrogen-bond donors (Lipinski definition) is 2. The van der Waals surface area contributed by atoms with Crippen LogP contribution >= 0.6 is 0 Å². The van der Waals surface area contributed by atoms with Gasteiger partial charge in [0.25, 0.3) is 0 Å². The molecule has 2 rings (SSSR count). The average Bonchev–Trinajstić information content (AvgIpc) is 3.22. The van der Waals surface area contributed by atoms with Gasteiger partial charge >= 0.3 is 0 Å². The molecule has 1 fully saturated rings. The van der Waals surface area contributed by atoms with Gasteiger partial charge in [-0.05, 0) is 37.9 Å². The first-order valence-electron chi connectivity index (χ1n) is 6.69. The van der Waals surface area contributed by atoms with Gasteiger partial charge in [0.05, 0.1) is 6.61 Å². The second kappa shape index (κ2) is 6.27. The highest BCUT2D eigenvalue weighted by Crippen LogP contribution is 2.33. The van der Waals surface area contributed by atoms with Crippen molar-refractivity contribution in [3.05, 3.63) is 30.1 Å². The zero-order valence-electron chi connectivity index (χ0n) is 11.0. The molecular formula is C14H23N3O. The molecule has 4 nitrogen and oxygen atoms in total. The van der Waals surface area contributed by atoms with E-state index < -0.39 is 0 Å². The lowest BCUT2D eigenvalue weighted by atomic mass is 10.0. The lowest BCUT2D eigenvalue weighted by Gasteiger charge is -2.31. The summed E-state index contributed by atoms with van der Waals surface area (Å²) in [6, 6.07) is 6.13. The Morgan fingerprint density at radius 3 is 2.83 bits per heavy atom. The third-order valence-electron chi connectivity index (χ3n) is 3.81. The molecule has 3 N–H and O–H groups in total. The maximum Gasteiger partial charge on any atom is 0.0601 e. The molecule has 1 saturated carbocycles. The molecule has 0 aromatic carbocycles. The van der Waals surface area contributed by atoms with E-state index in [1.807, 2.05) is 31.4 Å². The Morgan fingerprint density at radius 1 is 1.50 bits per heavy atom. The fourth-order valence-corrected chi connectivity index (χ4v) is 2.35. The first-order valence-corrected chi connectivity index (χ1v) is 6.69. The number of pyridine rings is 1. The summed E-state index contributed by atoms with van der Waals surface area (Å²) in [5, 5.41) is 9.50. The van der Waals surface area contributed by atoms with Gasteiger partial charge in [0, 0.05) is 36.9 Å². The van der Waals surface area contributed by atoms with Gasteiger partial charge in [0.1, 0.15) is 0 Å². The minimum Gasteiger partial charge on any atom is -0.395 e. The number of rotatable bonds is 7. The molecule has 0 amide bonds. The van der Waals surface area contributed by atoms with Crippen LogP contribution in [0.5, 0.6) is 0 Å². The van der Waals surface area contributed by atoms with E-state index in [4.69, 9.17) is 5.73 Å². The summed E-state index contributed by atoms with van der Waals surface area (Å²) in [5.41, 5.74) is 7.27. The van der Waals surface area contributed by atoms with Crippen LogP contribution in [0.15, 0.2) is 24.4 Å². The third-order valence-corrected chi connectivity index (χ3v) is 3.81. The number of aliphatic hydroxyl groups excluding tert-OH is 1. The number of likely N-dealkylation sites (N-methyl/N-ethyl adjacent to an activating group) is 1. The second-order valence-electron chi connectivity index (χ2n) is 5.22. The Morgan fingerprint density at radius 2 is 2.28 bits per heavy atom. The molecule has 0 bridgehead atoms. The molecule has 100 valence electrons. The zero-order chi connectivity index (χ0) is 13.0. The highest BCUT2D eigenvalue weighted by Gasteiger charge is 2.35. The van der Waals surface area contributed by atoms with E-state index >= 15 is 0 Å². The van der Waals surface area contributed by atoms with Gasteiger partial charge in [-0.15, -0.1) is 0 Å². The van der Waals surface area contributed by atoms with Crippen LogP contribution in [0.1, 0.15) is 18.5 Å². The molecule has 0 spiro atoms. The number of nitrogens with two attached hydrogens (primary N) is 1. The quantitative estimate of drug-likeness (QED) is 0.745. The Hall–Kier alpha value is -0.970. The molecule has 1 heterocycles. The van der Waals surface area contributed by atoms with E-state index in [1.54, 1.807) is 0 Å². The molecule has 1 aliphatic rings. The van der Waals surface area contributed by atoms with Gasteiger partial charge < -0.3 is 10.8 Å². The summed E-state index contributed by atoms with van der Waals surface area (Å²) in [6.45, 7) is 1.01. The van der Waals surface area contributed by atoms with Crippen LogP contribution in [0, 0.1) is 5.92 Å². The standard InChI is InChI=1S/C14H23N3O/c1-17(9-7-12-4-2-3-8-16-12)13(10-18)14(15)11-5-6-11/h2-4,8,11,13-14,18H,5-7,9-10,15H2,1H3. The Bertz CT molecular complexity index is 353. The van der Waals surface area contributed by atoms with Gasteiger partial charge in [0.15, 0.2) is 0 Å². The zero-order valence-corrected chi connectivity index (χ0v) is 11.0. The predicted molar refractivity (Wildman–Crippen MR) is 72.1 cm³/mol. The van der Waals surface area contributed by atoms with Gasteiger partial charge in [-0.3, -0.25) is 9.88 Å². The van der Waals surface area contributed by atoms with E-state index in [-0.39, 0.29) is 18.7 Å². The highest BCUT2D eigenvalue weighted by atomic mass is 16.3. The van der Waals surface area contributed by atoms with Crippen LogP contribution in [-0.4, -0.2) is 47.3 Å². The number of hydrogen-bond acceptors (Lipinski definition) is 4. The van der Waals surface area contributed by atoms with Crippen molar-refractivity contribution in [1.29, 1.82) is 0 Å². The van der Waals surface area contributed by atoms with E-state index in [1.165, 1.54) is 12.8 Å². The van der Waals surface area contributed by atoms with Crippen molar-refractivity contribution in [3.63, 3.8) is 0 Å². The minimum absolute atomic E-state index is 0.0706. The maximum atomic E-state index is 9.50. The monoisotopic (exact) mass is 249 g/mol. The van der Waals surface area contributed by atoms with Crippen LogP contribution < -0.4 is 5.73 Å². The van der Waals surface area contributed by atoms with Crippen LogP contribution in [0.4, 0.5) is 0 Å². The largest absolute Gasteiger partial charge is 0.395 e. The molecule has 1 aromatic heterocycles. The topological polar surface area (TPSA) is 62.4 Å². The lowest BCUT2D eigenvalue weighted by molar-refractivity contribution is 0.121. The number of aromatic nitrogens is 1. The predicted octanol–water partition coefficient (Wildman–Crippen LogP) is 0.654. The first kappa shape index (κ1) is 13.5. The Labute approximate surface area is 109 Å². The van der Waals surface area contributed by atoms with Crippen molar-refractivity contribution in [2.24, 2.45) is 11.7 Å². The van der Waals surface area contributed by atoms with Crippen molar-refractivity contribution in [2.45, 2.75) is 31.3 Å². The van der Waals surface area contributed by atoms with Crippen LogP contribution in [0.3, 0.4) is 0 Å². The van der Waals surface area contributed by atoms with Crippen molar-refractivity contribution >= 4 is 0 Å². The van der Waals surface area contributed by atoms with Gasteiger partial charge in [-0.2, -0.15) is 0 Å². The van der Waals surface area contributed by atoms with Gasteiger partial charge in [0.2, 0.25) is 0 Å². The maximum absolute atomic E-state index is 9.50. The smallest absolute Gasteiger partial charge is 0.0601 e. The third kappa shape index (κ3) is 3.51. The summed E-state index contributed by atoms with van der Waals surface area (Å²) in [4.78, 5) is 6.47. The van der Waals surface area contributed by atoms with Crippen LogP contribution in [0.2, 0.25) is 0 Å². The van der Waals surface area contributed by atoms with Crippen molar-refractivity contribution in [3.8, 4) is 0 Å². The molecule has 0 saturated heterocycles. The summed E-state index contributed by atoms with van der Waals surface area (Å²) in [6.07, 6.45) is 5.14. The van der Waals surface area contributed by atoms with Crippen LogP contribution in [-0.2, 0) is 6.42 Å². The molecule has 4 heteroatoms. The minimum atomic E-state index is 0.0706. The van der Waals surface area contributed by atoms with E-state index in [9.17, 15) is 5.11 Å². The Kier molecular flexibility index (Phi) is 4.69. The lowest BCUT2D eigenvalue weighted by Crippen LogP contribution is -2.50. The SMILES string of the molecule is CN(CCc1ccccn1)C(CO)C(N)C1CC1. The highest BCUT2D eigenvalue weighted by molar-refractivity contribution is 5.04. The summed E-state index contributed by atoms with van der Waals surface area (Å²) < 4.78 is 0. The number of aliphatic hydroxyl groups is 1. The summed E-state index contributed by atoms with van der Waals surface area (Å²) in [7, 11) is 2.03. The summed E-state index contributed by atoms with van der Waals surface area (Å²) >= 11 is 0. The fraction of sp³-hybridized carbons (Fsp3) is 0.643. The molecule has 1 aromatic rings. The van der Waals surface area contributed by atoms with E-state index in [0.29, 0.717) is 5.92 Å². The molecule has 2 unspecified atom stereocenters. The molecule has 1 aliphatic carbocycles. The summed E-state index contributed by atoms with van der Waals surface area (Å²) in [5.74, 6) is 0.611. The second-order valence-corrected chi connectivity index (χ2v) is 5.22. The molecular weight excluding hydrogens is 226 g/mol. The first-order chi connectivity index (χ1) is 8.72.